The first kappa shape index (κ1) is 12.1. The van der Waals surface area contributed by atoms with Crippen LogP contribution in [0.2, 0.25) is 0 Å². The number of nitrogens with one attached hydrogen (secondary N) is 1. The summed E-state index contributed by atoms with van der Waals surface area (Å²) in [5.74, 6) is 1.62. The second-order valence-electron chi connectivity index (χ2n) is 4.91. The Bertz CT molecular complexity index is 395. The molecule has 1 amide bonds. The van der Waals surface area contributed by atoms with E-state index in [1.165, 1.54) is 0 Å². The Labute approximate surface area is 102 Å². The monoisotopic (exact) mass is 236 g/mol. The Morgan fingerprint density at radius 1 is 1.53 bits per heavy atom. The van der Waals surface area contributed by atoms with E-state index in [1.807, 2.05) is 18.7 Å². The minimum absolute atomic E-state index is 0.0648. The summed E-state index contributed by atoms with van der Waals surface area (Å²) in [6.45, 7) is 6.85. The van der Waals surface area contributed by atoms with Crippen molar-refractivity contribution in [1.82, 2.24) is 20.1 Å². The molecule has 0 unspecified atom stereocenters. The highest BCUT2D eigenvalue weighted by Crippen LogP contribution is 2.37. The maximum atomic E-state index is 12.2. The van der Waals surface area contributed by atoms with Crippen molar-refractivity contribution in [3.63, 3.8) is 0 Å². The van der Waals surface area contributed by atoms with Crippen LogP contribution in [0.15, 0.2) is 0 Å². The highest BCUT2D eigenvalue weighted by atomic mass is 16.2. The molecule has 1 heterocycles. The number of carbonyl (C=O) groups excluding carboxylic acids is 1. The third-order valence-corrected chi connectivity index (χ3v) is 3.01. The van der Waals surface area contributed by atoms with Crippen LogP contribution in [0.3, 0.4) is 0 Å². The summed E-state index contributed by atoms with van der Waals surface area (Å²) in [5.41, 5.74) is 0. The lowest BCUT2D eigenvalue weighted by molar-refractivity contribution is 0.0693. The number of nitrogens with zero attached hydrogens (tertiary/aromatic N) is 3. The second kappa shape index (κ2) is 4.85. The molecule has 1 saturated carbocycles. The van der Waals surface area contributed by atoms with Gasteiger partial charge in [-0.3, -0.25) is 9.89 Å². The van der Waals surface area contributed by atoms with Crippen LogP contribution in [0, 0.1) is 0 Å². The molecule has 2 rings (SSSR count). The van der Waals surface area contributed by atoms with Gasteiger partial charge in [-0.2, -0.15) is 0 Å². The molecule has 0 bridgehead atoms. The van der Waals surface area contributed by atoms with Crippen molar-refractivity contribution in [3.8, 4) is 0 Å². The van der Waals surface area contributed by atoms with Crippen LogP contribution in [0.25, 0.3) is 0 Å². The highest BCUT2D eigenvalue weighted by molar-refractivity contribution is 5.90. The zero-order valence-electron chi connectivity index (χ0n) is 10.7. The largest absolute Gasteiger partial charge is 0.333 e. The van der Waals surface area contributed by atoms with Gasteiger partial charge in [-0.1, -0.05) is 6.92 Å². The van der Waals surface area contributed by atoms with Gasteiger partial charge in [-0.15, -0.1) is 5.10 Å². The number of amides is 1. The van der Waals surface area contributed by atoms with E-state index in [4.69, 9.17) is 0 Å². The van der Waals surface area contributed by atoms with Crippen LogP contribution in [-0.4, -0.2) is 38.6 Å². The number of hydrogen-bond acceptors (Lipinski definition) is 3. The Morgan fingerprint density at radius 3 is 2.76 bits per heavy atom. The molecular weight excluding hydrogens is 216 g/mol. The summed E-state index contributed by atoms with van der Waals surface area (Å²) in [7, 11) is 0. The lowest BCUT2D eigenvalue weighted by Gasteiger charge is -2.24. The van der Waals surface area contributed by atoms with Crippen molar-refractivity contribution >= 4 is 5.91 Å². The Morgan fingerprint density at radius 2 is 2.24 bits per heavy atom. The minimum Gasteiger partial charge on any atom is -0.333 e. The van der Waals surface area contributed by atoms with E-state index < -0.39 is 0 Å². The SMILES string of the molecule is CCCN(C(=O)c1n[nH]c(C2CC2)n1)C(C)C. The maximum Gasteiger partial charge on any atom is 0.293 e. The molecule has 0 aliphatic heterocycles. The zero-order valence-corrected chi connectivity index (χ0v) is 10.7. The van der Waals surface area contributed by atoms with Crippen LogP contribution >= 0.6 is 0 Å². The van der Waals surface area contributed by atoms with Crippen molar-refractivity contribution in [1.29, 1.82) is 0 Å². The van der Waals surface area contributed by atoms with Crippen LogP contribution in [0.5, 0.6) is 0 Å². The summed E-state index contributed by atoms with van der Waals surface area (Å²) in [6.07, 6.45) is 3.27. The van der Waals surface area contributed by atoms with Crippen molar-refractivity contribution in [2.75, 3.05) is 6.54 Å². The molecule has 5 nitrogen and oxygen atoms in total. The van der Waals surface area contributed by atoms with E-state index in [0.29, 0.717) is 11.7 Å². The van der Waals surface area contributed by atoms with Crippen LogP contribution in [-0.2, 0) is 0 Å². The number of carbonyl (C=O) groups is 1. The lowest BCUT2D eigenvalue weighted by Crippen LogP contribution is -2.38. The van der Waals surface area contributed by atoms with E-state index in [-0.39, 0.29) is 11.9 Å². The molecular formula is C12H20N4O. The standard InChI is InChI=1S/C12H20N4O/c1-4-7-16(8(2)3)12(17)11-13-10(14-15-11)9-5-6-9/h8-9H,4-7H2,1-3H3,(H,13,14,15). The number of H-pyrrole nitrogens is 1. The maximum absolute atomic E-state index is 12.2. The molecule has 1 aliphatic carbocycles. The molecule has 94 valence electrons. The number of aromatic nitrogens is 3. The lowest BCUT2D eigenvalue weighted by atomic mass is 10.3. The quantitative estimate of drug-likeness (QED) is 0.849. The fourth-order valence-corrected chi connectivity index (χ4v) is 1.87. The molecule has 1 aromatic rings. The number of rotatable bonds is 5. The smallest absolute Gasteiger partial charge is 0.293 e. The summed E-state index contributed by atoms with van der Waals surface area (Å²) in [6, 6.07) is 0.185. The van der Waals surface area contributed by atoms with Crippen molar-refractivity contribution in [2.24, 2.45) is 0 Å². The summed E-state index contributed by atoms with van der Waals surface area (Å²) >= 11 is 0. The first-order valence-electron chi connectivity index (χ1n) is 6.36. The van der Waals surface area contributed by atoms with Gasteiger partial charge in [0, 0.05) is 18.5 Å². The fraction of sp³-hybridized carbons (Fsp3) is 0.750. The van der Waals surface area contributed by atoms with Crippen molar-refractivity contribution in [3.05, 3.63) is 11.6 Å². The predicted molar refractivity (Wildman–Crippen MR) is 64.8 cm³/mol. The summed E-state index contributed by atoms with van der Waals surface area (Å²) in [5, 5.41) is 6.91. The Kier molecular flexibility index (Phi) is 3.45. The van der Waals surface area contributed by atoms with Gasteiger partial charge in [-0.25, -0.2) is 4.98 Å². The molecule has 0 spiro atoms. The molecule has 0 saturated heterocycles. The summed E-state index contributed by atoms with van der Waals surface area (Å²) in [4.78, 5) is 18.3. The van der Waals surface area contributed by atoms with E-state index in [0.717, 1.165) is 31.6 Å². The Hall–Kier alpha value is -1.39. The van der Waals surface area contributed by atoms with Crippen LogP contribution < -0.4 is 0 Å². The van der Waals surface area contributed by atoms with E-state index in [1.54, 1.807) is 0 Å². The first-order valence-corrected chi connectivity index (χ1v) is 6.36. The molecule has 0 radical (unpaired) electrons. The van der Waals surface area contributed by atoms with Crippen LogP contribution in [0.1, 0.15) is 62.4 Å². The van der Waals surface area contributed by atoms with E-state index in [9.17, 15) is 4.79 Å². The van der Waals surface area contributed by atoms with Gasteiger partial charge in [0.05, 0.1) is 0 Å². The van der Waals surface area contributed by atoms with Crippen molar-refractivity contribution in [2.45, 2.75) is 52.0 Å². The van der Waals surface area contributed by atoms with Gasteiger partial charge in [0.2, 0.25) is 5.82 Å². The van der Waals surface area contributed by atoms with Gasteiger partial charge in [0.1, 0.15) is 5.82 Å². The first-order chi connectivity index (χ1) is 8.13. The van der Waals surface area contributed by atoms with Crippen LogP contribution in [0.4, 0.5) is 0 Å². The van der Waals surface area contributed by atoms with Gasteiger partial charge in [0.25, 0.3) is 5.91 Å². The summed E-state index contributed by atoms with van der Waals surface area (Å²) < 4.78 is 0. The average Bonchev–Trinajstić information content (AvgIpc) is 3.03. The van der Waals surface area contributed by atoms with E-state index in [2.05, 4.69) is 22.1 Å². The molecule has 5 heteroatoms. The average molecular weight is 236 g/mol. The van der Waals surface area contributed by atoms with Gasteiger partial charge in [0.15, 0.2) is 0 Å². The molecule has 1 aliphatic rings. The van der Waals surface area contributed by atoms with Gasteiger partial charge >= 0.3 is 0 Å². The normalized spacial score (nSPS) is 15.3. The number of aromatic amines is 1. The second-order valence-corrected chi connectivity index (χ2v) is 4.91. The zero-order chi connectivity index (χ0) is 12.4. The molecule has 0 aromatic carbocycles. The molecule has 17 heavy (non-hydrogen) atoms. The third-order valence-electron chi connectivity index (χ3n) is 3.01. The topological polar surface area (TPSA) is 61.9 Å². The number of hydrogen-bond donors (Lipinski definition) is 1. The Balaban J connectivity index is 2.10. The fourth-order valence-electron chi connectivity index (χ4n) is 1.87. The van der Waals surface area contributed by atoms with Crippen molar-refractivity contribution < 1.29 is 4.79 Å². The molecule has 1 fully saturated rings. The molecule has 1 N–H and O–H groups in total. The predicted octanol–water partition coefficient (Wildman–Crippen LogP) is 1.94. The highest BCUT2D eigenvalue weighted by Gasteiger charge is 2.29. The third kappa shape index (κ3) is 2.65. The molecule has 1 aromatic heterocycles. The molecule has 0 atom stereocenters. The van der Waals surface area contributed by atoms with Gasteiger partial charge in [-0.05, 0) is 33.1 Å². The van der Waals surface area contributed by atoms with Gasteiger partial charge < -0.3 is 4.90 Å². The van der Waals surface area contributed by atoms with E-state index >= 15 is 0 Å². The minimum atomic E-state index is -0.0648.